The minimum absolute atomic E-state index is 0.0285. The first-order valence-corrected chi connectivity index (χ1v) is 5.42. The van der Waals surface area contributed by atoms with E-state index in [0.29, 0.717) is 0 Å². The molecule has 0 spiro atoms. The summed E-state index contributed by atoms with van der Waals surface area (Å²) in [6.45, 7) is 0. The van der Waals surface area contributed by atoms with E-state index in [-0.39, 0.29) is 23.7 Å². The molecule has 10 nitrogen and oxygen atoms in total. The summed E-state index contributed by atoms with van der Waals surface area (Å²) in [5, 5.41) is 10.5. The molecule has 0 aliphatic rings. The highest BCUT2D eigenvalue weighted by atomic mass is 19.1. The maximum atomic E-state index is 13.5. The van der Waals surface area contributed by atoms with Gasteiger partial charge in [-0.1, -0.05) is 0 Å². The van der Waals surface area contributed by atoms with Crippen LogP contribution in [-0.4, -0.2) is 27.0 Å². The van der Waals surface area contributed by atoms with Crippen LogP contribution in [0, 0.1) is 15.9 Å². The fourth-order valence-electron chi connectivity index (χ4n) is 1.34. The van der Waals surface area contributed by atoms with E-state index in [4.69, 9.17) is 15.3 Å². The Labute approximate surface area is 116 Å². The number of methoxy groups -OCH3 is 1. The largest absolute Gasteiger partial charge is 0.467 e. The van der Waals surface area contributed by atoms with Crippen molar-refractivity contribution in [1.29, 1.82) is 0 Å². The highest BCUT2D eigenvalue weighted by Gasteiger charge is 2.15. The van der Waals surface area contributed by atoms with Crippen molar-refractivity contribution in [3.05, 3.63) is 34.1 Å². The monoisotopic (exact) mass is 296 g/mol. The fraction of sp³-hybridized carbons (Fsp3) is 0.100. The molecule has 2 rings (SSSR count). The Bertz CT molecular complexity index is 660. The van der Waals surface area contributed by atoms with Crippen LogP contribution in [0.4, 0.5) is 16.0 Å². The number of anilines is 1. The average Bonchev–Trinajstić information content (AvgIpc) is 2.46. The molecule has 2 aromatic rings. The molecule has 0 aliphatic carbocycles. The van der Waals surface area contributed by atoms with Crippen LogP contribution < -0.4 is 20.7 Å². The van der Waals surface area contributed by atoms with Crippen molar-refractivity contribution in [3.8, 4) is 17.8 Å². The number of nitrogen functional groups attached to an aromatic ring is 1. The number of hydrogen-bond acceptors (Lipinski definition) is 9. The number of ether oxygens (including phenoxy) is 2. The second-order valence-electron chi connectivity index (χ2n) is 3.55. The van der Waals surface area contributed by atoms with Crippen molar-refractivity contribution in [2.24, 2.45) is 5.84 Å². The van der Waals surface area contributed by atoms with E-state index in [2.05, 4.69) is 20.4 Å². The molecule has 0 saturated heterocycles. The average molecular weight is 296 g/mol. The van der Waals surface area contributed by atoms with Crippen molar-refractivity contribution in [2.75, 3.05) is 12.5 Å². The molecule has 21 heavy (non-hydrogen) atoms. The minimum atomic E-state index is -1.05. The molecule has 0 aliphatic heterocycles. The number of nitrogens with one attached hydrogen (secondary N) is 1. The molecule has 0 amide bonds. The van der Waals surface area contributed by atoms with Gasteiger partial charge in [-0.2, -0.15) is 14.4 Å². The van der Waals surface area contributed by atoms with Gasteiger partial charge in [-0.05, 0) is 6.07 Å². The van der Waals surface area contributed by atoms with E-state index in [0.717, 1.165) is 12.1 Å². The Morgan fingerprint density at radius 1 is 1.33 bits per heavy atom. The number of aromatic nitrogens is 3. The second kappa shape index (κ2) is 5.92. The van der Waals surface area contributed by atoms with Gasteiger partial charge in [0.1, 0.15) is 5.75 Å². The number of nitro benzene ring substituents is 1. The number of benzene rings is 1. The van der Waals surface area contributed by atoms with Crippen molar-refractivity contribution in [3.63, 3.8) is 0 Å². The maximum Gasteiger partial charge on any atom is 0.330 e. The summed E-state index contributed by atoms with van der Waals surface area (Å²) in [6.07, 6.45) is 0. The first-order chi connectivity index (χ1) is 10.0. The molecule has 110 valence electrons. The molecule has 11 heteroatoms. The summed E-state index contributed by atoms with van der Waals surface area (Å²) < 4.78 is 23.4. The Morgan fingerprint density at radius 3 is 2.62 bits per heavy atom. The van der Waals surface area contributed by atoms with Crippen LogP contribution in [0.2, 0.25) is 0 Å². The molecule has 1 heterocycles. The van der Waals surface area contributed by atoms with Crippen LogP contribution in [0.1, 0.15) is 0 Å². The molecule has 0 fully saturated rings. The number of nitro groups is 1. The van der Waals surface area contributed by atoms with Crippen LogP contribution in [-0.2, 0) is 0 Å². The quantitative estimate of drug-likeness (QED) is 0.470. The molecule has 1 aromatic carbocycles. The first-order valence-electron chi connectivity index (χ1n) is 5.42. The van der Waals surface area contributed by atoms with Gasteiger partial charge >= 0.3 is 17.7 Å². The summed E-state index contributed by atoms with van der Waals surface area (Å²) in [5.41, 5.74) is 1.51. The van der Waals surface area contributed by atoms with Crippen LogP contribution in [0.3, 0.4) is 0 Å². The van der Waals surface area contributed by atoms with Gasteiger partial charge in [0.25, 0.3) is 0 Å². The lowest BCUT2D eigenvalue weighted by molar-refractivity contribution is -0.387. The van der Waals surface area contributed by atoms with Crippen LogP contribution in [0.15, 0.2) is 18.2 Å². The third-order valence-electron chi connectivity index (χ3n) is 2.23. The molecule has 1 aromatic heterocycles. The zero-order valence-corrected chi connectivity index (χ0v) is 10.6. The number of hydrogen-bond donors (Lipinski definition) is 2. The Kier molecular flexibility index (Phi) is 4.04. The molecule has 3 N–H and O–H groups in total. The van der Waals surface area contributed by atoms with Crippen LogP contribution >= 0.6 is 0 Å². The number of rotatable bonds is 5. The van der Waals surface area contributed by atoms with Gasteiger partial charge < -0.3 is 9.47 Å². The van der Waals surface area contributed by atoms with E-state index in [1.807, 2.05) is 0 Å². The Balaban J connectivity index is 2.29. The predicted octanol–water partition coefficient (Wildman–Crippen LogP) is 1.01. The fourth-order valence-corrected chi connectivity index (χ4v) is 1.34. The number of halogens is 1. The smallest absolute Gasteiger partial charge is 0.330 e. The van der Waals surface area contributed by atoms with Crippen molar-refractivity contribution in [2.45, 2.75) is 0 Å². The van der Waals surface area contributed by atoms with E-state index in [1.165, 1.54) is 13.2 Å². The molecule has 0 saturated carbocycles. The minimum Gasteiger partial charge on any atom is -0.467 e. The number of nitrogens with zero attached hydrogens (tertiary/aromatic N) is 4. The Hall–Kier alpha value is -3.08. The van der Waals surface area contributed by atoms with Gasteiger partial charge in [0, 0.05) is 12.1 Å². The van der Waals surface area contributed by atoms with Gasteiger partial charge in [-0.25, -0.2) is 5.84 Å². The van der Waals surface area contributed by atoms with Crippen LogP contribution in [0.5, 0.6) is 17.8 Å². The molecular formula is C10H9FN6O4. The summed E-state index contributed by atoms with van der Waals surface area (Å²) >= 11 is 0. The summed E-state index contributed by atoms with van der Waals surface area (Å²) in [7, 11) is 1.32. The van der Waals surface area contributed by atoms with E-state index < -0.39 is 16.4 Å². The van der Waals surface area contributed by atoms with Gasteiger partial charge in [0.15, 0.2) is 0 Å². The predicted molar refractivity (Wildman–Crippen MR) is 67.3 cm³/mol. The molecule has 0 radical (unpaired) electrons. The van der Waals surface area contributed by atoms with Gasteiger partial charge in [0.2, 0.25) is 11.8 Å². The lowest BCUT2D eigenvalue weighted by Gasteiger charge is -2.06. The van der Waals surface area contributed by atoms with Crippen molar-refractivity contribution in [1.82, 2.24) is 15.0 Å². The standard InChI is InChI=1S/C10H9FN6O4/c1-20-9-13-8(16-12)14-10(15-9)21-5-2-3-7(17(18)19)6(11)4-5/h2-4H,12H2,1H3,(H,13,14,15,16). The lowest BCUT2D eigenvalue weighted by atomic mass is 10.3. The van der Waals surface area contributed by atoms with Gasteiger partial charge in [-0.3, -0.25) is 15.5 Å². The van der Waals surface area contributed by atoms with Crippen molar-refractivity contribution < 1.29 is 18.8 Å². The zero-order chi connectivity index (χ0) is 15.4. The third kappa shape index (κ3) is 3.27. The number of hydrazine groups is 1. The molecular weight excluding hydrogens is 287 g/mol. The number of nitrogens with two attached hydrogens (primary N) is 1. The normalized spacial score (nSPS) is 10.0. The Morgan fingerprint density at radius 2 is 2.05 bits per heavy atom. The van der Waals surface area contributed by atoms with E-state index >= 15 is 0 Å². The van der Waals surface area contributed by atoms with E-state index in [1.54, 1.807) is 0 Å². The molecule has 0 atom stereocenters. The first kappa shape index (κ1) is 14.3. The lowest BCUT2D eigenvalue weighted by Crippen LogP contribution is -2.12. The SMILES string of the molecule is COc1nc(NN)nc(Oc2ccc([N+](=O)[O-])c(F)c2)n1. The topological polar surface area (TPSA) is 138 Å². The molecule has 0 unspecified atom stereocenters. The summed E-state index contributed by atoms with van der Waals surface area (Å²) in [6, 6.07) is 2.71. The van der Waals surface area contributed by atoms with Crippen molar-refractivity contribution >= 4 is 11.6 Å². The summed E-state index contributed by atoms with van der Waals surface area (Å²) in [4.78, 5) is 20.9. The third-order valence-corrected chi connectivity index (χ3v) is 2.23. The maximum absolute atomic E-state index is 13.5. The van der Waals surface area contributed by atoms with Gasteiger partial charge in [-0.15, -0.1) is 4.98 Å². The zero-order valence-electron chi connectivity index (χ0n) is 10.6. The van der Waals surface area contributed by atoms with Crippen LogP contribution in [0.25, 0.3) is 0 Å². The van der Waals surface area contributed by atoms with E-state index in [9.17, 15) is 14.5 Å². The highest BCUT2D eigenvalue weighted by Crippen LogP contribution is 2.25. The van der Waals surface area contributed by atoms with Gasteiger partial charge in [0.05, 0.1) is 12.0 Å². The molecule has 0 bridgehead atoms. The summed E-state index contributed by atoms with van der Waals surface area (Å²) in [5.74, 6) is 4.06. The second-order valence-corrected chi connectivity index (χ2v) is 3.55. The highest BCUT2D eigenvalue weighted by molar-refractivity contribution is 5.39.